The Kier molecular flexibility index (Phi) is 6.52. The molecule has 1 aliphatic rings. The van der Waals surface area contributed by atoms with Crippen LogP contribution in [-0.2, 0) is 11.0 Å². The van der Waals surface area contributed by atoms with E-state index >= 15 is 0 Å². The number of anilines is 1. The van der Waals surface area contributed by atoms with Gasteiger partial charge in [-0.2, -0.15) is 13.2 Å². The first-order chi connectivity index (χ1) is 11.3. The number of hydrogen-bond acceptors (Lipinski definition) is 2. The lowest BCUT2D eigenvalue weighted by molar-refractivity contribution is -0.137. The van der Waals surface area contributed by atoms with Crippen LogP contribution < -0.4 is 5.32 Å². The van der Waals surface area contributed by atoms with Crippen LogP contribution in [0.5, 0.6) is 0 Å². The van der Waals surface area contributed by atoms with Crippen LogP contribution in [0.4, 0.5) is 18.9 Å². The Morgan fingerprint density at radius 2 is 2.12 bits per heavy atom. The SMILES string of the molecule is CCC1CCCCN1CCC(=O)Nc1ccc(Cl)cc1C(F)(F)F. The number of amides is 1. The zero-order valence-corrected chi connectivity index (χ0v) is 14.4. The van der Waals surface area contributed by atoms with Crippen molar-refractivity contribution < 1.29 is 18.0 Å². The zero-order chi connectivity index (χ0) is 17.7. The van der Waals surface area contributed by atoms with Crippen LogP contribution in [0.2, 0.25) is 5.02 Å². The first-order valence-electron chi connectivity index (χ1n) is 8.22. The van der Waals surface area contributed by atoms with E-state index in [4.69, 9.17) is 11.6 Å². The van der Waals surface area contributed by atoms with E-state index in [0.29, 0.717) is 12.6 Å². The first-order valence-corrected chi connectivity index (χ1v) is 8.59. The molecule has 1 atom stereocenters. The lowest BCUT2D eigenvalue weighted by atomic mass is 10.00. The van der Waals surface area contributed by atoms with E-state index in [1.54, 1.807) is 0 Å². The van der Waals surface area contributed by atoms with Crippen molar-refractivity contribution in [2.75, 3.05) is 18.4 Å². The smallest absolute Gasteiger partial charge is 0.325 e. The normalized spacial score (nSPS) is 19.3. The predicted molar refractivity (Wildman–Crippen MR) is 89.2 cm³/mol. The number of benzene rings is 1. The Balaban J connectivity index is 1.97. The van der Waals surface area contributed by atoms with Crippen LogP contribution in [-0.4, -0.2) is 29.9 Å². The molecule has 1 saturated heterocycles. The zero-order valence-electron chi connectivity index (χ0n) is 13.6. The molecule has 0 spiro atoms. The van der Waals surface area contributed by atoms with Gasteiger partial charge in [0.1, 0.15) is 0 Å². The van der Waals surface area contributed by atoms with Crippen molar-refractivity contribution in [2.24, 2.45) is 0 Å². The lowest BCUT2D eigenvalue weighted by Gasteiger charge is -2.35. The fraction of sp³-hybridized carbons (Fsp3) is 0.588. The minimum Gasteiger partial charge on any atom is -0.325 e. The first kappa shape index (κ1) is 19.1. The number of carbonyl (C=O) groups excluding carboxylic acids is 1. The van der Waals surface area contributed by atoms with Gasteiger partial charge in [-0.1, -0.05) is 24.9 Å². The molecule has 1 aliphatic heterocycles. The number of rotatable bonds is 5. The van der Waals surface area contributed by atoms with Crippen LogP contribution in [0, 0.1) is 0 Å². The van der Waals surface area contributed by atoms with Crippen molar-refractivity contribution in [3.63, 3.8) is 0 Å². The monoisotopic (exact) mass is 362 g/mol. The fourth-order valence-electron chi connectivity index (χ4n) is 3.13. The second kappa shape index (κ2) is 8.21. The summed E-state index contributed by atoms with van der Waals surface area (Å²) in [6.07, 6.45) is 0.0586. The van der Waals surface area contributed by atoms with Gasteiger partial charge in [0, 0.05) is 24.0 Å². The van der Waals surface area contributed by atoms with Gasteiger partial charge in [0.25, 0.3) is 0 Å². The fourth-order valence-corrected chi connectivity index (χ4v) is 3.31. The summed E-state index contributed by atoms with van der Waals surface area (Å²) >= 11 is 5.63. The molecule has 24 heavy (non-hydrogen) atoms. The molecule has 2 rings (SSSR count). The van der Waals surface area contributed by atoms with E-state index < -0.39 is 17.6 Å². The maximum atomic E-state index is 13.0. The summed E-state index contributed by atoms with van der Waals surface area (Å²) in [5.74, 6) is -0.414. The molecule has 1 amide bonds. The summed E-state index contributed by atoms with van der Waals surface area (Å²) in [5, 5.41) is 2.36. The molecular formula is C17H22ClF3N2O. The molecule has 1 N–H and O–H groups in total. The van der Waals surface area contributed by atoms with Gasteiger partial charge < -0.3 is 5.32 Å². The maximum absolute atomic E-state index is 13.0. The third-order valence-electron chi connectivity index (χ3n) is 4.41. The predicted octanol–water partition coefficient (Wildman–Crippen LogP) is 4.95. The Labute approximate surface area is 145 Å². The van der Waals surface area contributed by atoms with E-state index in [1.807, 2.05) is 0 Å². The third kappa shape index (κ3) is 5.11. The van der Waals surface area contributed by atoms with E-state index in [9.17, 15) is 18.0 Å². The molecule has 1 aromatic carbocycles. The summed E-state index contributed by atoms with van der Waals surface area (Å²) in [5.41, 5.74) is -1.17. The summed E-state index contributed by atoms with van der Waals surface area (Å²) in [7, 11) is 0. The molecule has 0 aromatic heterocycles. The highest BCUT2D eigenvalue weighted by Gasteiger charge is 2.34. The number of carbonyl (C=O) groups is 1. The molecule has 0 saturated carbocycles. The highest BCUT2D eigenvalue weighted by atomic mass is 35.5. The van der Waals surface area contributed by atoms with Gasteiger partial charge in [0.2, 0.25) is 5.91 Å². The summed E-state index contributed by atoms with van der Waals surface area (Å²) in [4.78, 5) is 14.3. The number of halogens is 4. The van der Waals surface area contributed by atoms with Crippen molar-refractivity contribution in [1.82, 2.24) is 4.90 Å². The largest absolute Gasteiger partial charge is 0.418 e. The summed E-state index contributed by atoms with van der Waals surface area (Å²) < 4.78 is 39.1. The number of hydrogen-bond donors (Lipinski definition) is 1. The lowest BCUT2D eigenvalue weighted by Crippen LogP contribution is -2.40. The minimum atomic E-state index is -4.56. The average Bonchev–Trinajstić information content (AvgIpc) is 2.54. The molecule has 1 aromatic rings. The molecule has 134 valence electrons. The Morgan fingerprint density at radius 1 is 1.38 bits per heavy atom. The van der Waals surface area contributed by atoms with Crippen LogP contribution in [0.3, 0.4) is 0 Å². The second-order valence-electron chi connectivity index (χ2n) is 6.08. The molecule has 0 bridgehead atoms. The molecule has 0 radical (unpaired) electrons. The number of alkyl halides is 3. The van der Waals surface area contributed by atoms with Crippen molar-refractivity contribution in [3.05, 3.63) is 28.8 Å². The number of nitrogens with zero attached hydrogens (tertiary/aromatic N) is 1. The molecule has 1 fully saturated rings. The van der Waals surface area contributed by atoms with Crippen molar-refractivity contribution in [2.45, 2.75) is 51.2 Å². The summed E-state index contributed by atoms with van der Waals surface area (Å²) in [6, 6.07) is 3.82. The van der Waals surface area contributed by atoms with Crippen LogP contribution >= 0.6 is 11.6 Å². The van der Waals surface area contributed by atoms with Gasteiger partial charge >= 0.3 is 6.18 Å². The van der Waals surface area contributed by atoms with Gasteiger partial charge in [-0.3, -0.25) is 9.69 Å². The number of likely N-dealkylation sites (tertiary alicyclic amines) is 1. The van der Waals surface area contributed by atoms with Gasteiger partial charge in [0.05, 0.1) is 11.3 Å². The molecular weight excluding hydrogens is 341 g/mol. The van der Waals surface area contributed by atoms with Crippen molar-refractivity contribution in [3.8, 4) is 0 Å². The quantitative estimate of drug-likeness (QED) is 0.803. The van der Waals surface area contributed by atoms with Crippen LogP contribution in [0.1, 0.15) is 44.6 Å². The molecule has 7 heteroatoms. The van der Waals surface area contributed by atoms with Crippen LogP contribution in [0.15, 0.2) is 18.2 Å². The minimum absolute atomic E-state index is 0.0144. The van der Waals surface area contributed by atoms with E-state index in [1.165, 1.54) is 18.6 Å². The van der Waals surface area contributed by atoms with Crippen LogP contribution in [0.25, 0.3) is 0 Å². The second-order valence-corrected chi connectivity index (χ2v) is 6.52. The highest BCUT2D eigenvalue weighted by Crippen LogP contribution is 2.36. The molecule has 1 heterocycles. The molecule has 1 unspecified atom stereocenters. The molecule has 0 aliphatic carbocycles. The van der Waals surface area contributed by atoms with E-state index in [2.05, 4.69) is 17.1 Å². The van der Waals surface area contributed by atoms with Gasteiger partial charge in [0.15, 0.2) is 0 Å². The Morgan fingerprint density at radius 3 is 2.79 bits per heavy atom. The molecule has 3 nitrogen and oxygen atoms in total. The average molecular weight is 363 g/mol. The van der Waals surface area contributed by atoms with Crippen molar-refractivity contribution in [1.29, 1.82) is 0 Å². The number of piperidine rings is 1. The number of nitrogens with one attached hydrogen (secondary N) is 1. The highest BCUT2D eigenvalue weighted by molar-refractivity contribution is 6.30. The van der Waals surface area contributed by atoms with E-state index in [-0.39, 0.29) is 17.1 Å². The van der Waals surface area contributed by atoms with Gasteiger partial charge in [-0.25, -0.2) is 0 Å². The van der Waals surface area contributed by atoms with Gasteiger partial charge in [-0.05, 0) is 44.0 Å². The third-order valence-corrected chi connectivity index (χ3v) is 4.64. The van der Waals surface area contributed by atoms with Gasteiger partial charge in [-0.15, -0.1) is 0 Å². The Hall–Kier alpha value is -1.27. The maximum Gasteiger partial charge on any atom is 0.418 e. The topological polar surface area (TPSA) is 32.3 Å². The summed E-state index contributed by atoms with van der Waals surface area (Å²) in [6.45, 7) is 3.63. The van der Waals surface area contributed by atoms with Crippen molar-refractivity contribution >= 4 is 23.2 Å². The standard InChI is InChI=1S/C17H22ClF3N2O/c1-2-13-5-3-4-9-23(13)10-8-16(24)22-15-7-6-12(18)11-14(15)17(19,20)21/h6-7,11,13H,2-5,8-10H2,1H3,(H,22,24). The van der Waals surface area contributed by atoms with E-state index in [0.717, 1.165) is 31.9 Å². The Bertz CT molecular complexity index is 577.